The summed E-state index contributed by atoms with van der Waals surface area (Å²) in [7, 11) is 0. The lowest BCUT2D eigenvalue weighted by Gasteiger charge is -2.16. The number of benzene rings is 2. The van der Waals surface area contributed by atoms with Crippen molar-refractivity contribution < 1.29 is 4.92 Å². The predicted molar refractivity (Wildman–Crippen MR) is 83.4 cm³/mol. The van der Waals surface area contributed by atoms with Crippen LogP contribution in [0, 0.1) is 17.0 Å². The third-order valence-electron chi connectivity index (χ3n) is 3.99. The van der Waals surface area contributed by atoms with Gasteiger partial charge in [0.1, 0.15) is 5.69 Å². The average Bonchev–Trinajstić information content (AvgIpc) is 2.80. The van der Waals surface area contributed by atoms with E-state index in [1.165, 1.54) is 11.1 Å². The van der Waals surface area contributed by atoms with Gasteiger partial charge in [-0.3, -0.25) is 10.1 Å². The number of fused-ring (bicyclic) bond motifs is 1. The zero-order valence-corrected chi connectivity index (χ0v) is 11.8. The van der Waals surface area contributed by atoms with Gasteiger partial charge in [-0.15, -0.1) is 0 Å². The number of aryl methyl sites for hydroxylation is 2. The van der Waals surface area contributed by atoms with E-state index in [1.54, 1.807) is 19.1 Å². The van der Waals surface area contributed by atoms with Gasteiger partial charge in [-0.1, -0.05) is 18.2 Å². The van der Waals surface area contributed by atoms with Crippen LogP contribution in [0.3, 0.4) is 0 Å². The van der Waals surface area contributed by atoms with Crippen molar-refractivity contribution in [2.75, 3.05) is 11.1 Å². The van der Waals surface area contributed by atoms with Crippen molar-refractivity contribution in [3.05, 3.63) is 63.2 Å². The van der Waals surface area contributed by atoms with E-state index < -0.39 is 0 Å². The molecule has 1 unspecified atom stereocenters. The molecule has 108 valence electrons. The van der Waals surface area contributed by atoms with Crippen LogP contribution in [0.1, 0.15) is 29.2 Å². The standard InChI is InChI=1S/C16H17N3O2/c1-10-3-2-4-15(16(10)19(20)21)18-14-8-5-11-9-12(17)6-7-13(11)14/h2-4,6-7,9,14,18H,5,8,17H2,1H3. The number of anilines is 2. The van der Waals surface area contributed by atoms with Crippen molar-refractivity contribution in [2.24, 2.45) is 0 Å². The molecule has 1 aliphatic rings. The first-order valence-corrected chi connectivity index (χ1v) is 6.95. The van der Waals surface area contributed by atoms with Gasteiger partial charge in [0.05, 0.1) is 11.0 Å². The van der Waals surface area contributed by atoms with Gasteiger partial charge in [0.25, 0.3) is 5.69 Å². The molecule has 0 amide bonds. The van der Waals surface area contributed by atoms with Crippen LogP contribution in [-0.2, 0) is 6.42 Å². The molecule has 0 saturated carbocycles. The van der Waals surface area contributed by atoms with Crippen LogP contribution < -0.4 is 11.1 Å². The Kier molecular flexibility index (Phi) is 3.25. The molecule has 2 aromatic carbocycles. The molecule has 0 radical (unpaired) electrons. The number of nitrogens with one attached hydrogen (secondary N) is 1. The molecule has 3 N–H and O–H groups in total. The van der Waals surface area contributed by atoms with Crippen LogP contribution in [0.4, 0.5) is 17.1 Å². The van der Waals surface area contributed by atoms with Gasteiger partial charge in [-0.05, 0) is 49.1 Å². The molecule has 0 saturated heterocycles. The van der Waals surface area contributed by atoms with Crippen LogP contribution in [0.5, 0.6) is 0 Å². The Morgan fingerprint density at radius 2 is 2.14 bits per heavy atom. The lowest BCUT2D eigenvalue weighted by Crippen LogP contribution is -2.09. The molecule has 3 rings (SSSR count). The highest BCUT2D eigenvalue weighted by Crippen LogP contribution is 2.37. The second-order valence-corrected chi connectivity index (χ2v) is 5.42. The third kappa shape index (κ3) is 2.42. The maximum Gasteiger partial charge on any atom is 0.295 e. The zero-order chi connectivity index (χ0) is 15.0. The maximum atomic E-state index is 11.3. The Labute approximate surface area is 122 Å². The van der Waals surface area contributed by atoms with Gasteiger partial charge in [-0.2, -0.15) is 0 Å². The Hall–Kier alpha value is -2.56. The van der Waals surface area contributed by atoms with E-state index in [1.807, 2.05) is 24.3 Å². The Bertz CT molecular complexity index is 713. The molecular formula is C16H17N3O2. The smallest absolute Gasteiger partial charge is 0.295 e. The molecule has 0 bridgehead atoms. The van der Waals surface area contributed by atoms with Crippen molar-refractivity contribution >= 4 is 17.1 Å². The zero-order valence-electron chi connectivity index (χ0n) is 11.8. The first-order valence-electron chi connectivity index (χ1n) is 6.95. The minimum Gasteiger partial charge on any atom is -0.399 e. The van der Waals surface area contributed by atoms with Crippen LogP contribution in [0.15, 0.2) is 36.4 Å². The summed E-state index contributed by atoms with van der Waals surface area (Å²) in [4.78, 5) is 10.9. The topological polar surface area (TPSA) is 81.2 Å². The van der Waals surface area contributed by atoms with E-state index >= 15 is 0 Å². The maximum absolute atomic E-state index is 11.3. The van der Waals surface area contributed by atoms with Gasteiger partial charge in [0.15, 0.2) is 0 Å². The van der Waals surface area contributed by atoms with E-state index in [0.29, 0.717) is 11.3 Å². The summed E-state index contributed by atoms with van der Waals surface area (Å²) < 4.78 is 0. The molecule has 0 aromatic heterocycles. The monoisotopic (exact) mass is 283 g/mol. The molecule has 5 nitrogen and oxygen atoms in total. The SMILES string of the molecule is Cc1cccc(NC2CCc3cc(N)ccc32)c1[N+](=O)[O-]. The Balaban J connectivity index is 1.93. The number of para-hydroxylation sites is 1. The fraction of sp³-hybridized carbons (Fsp3) is 0.250. The highest BCUT2D eigenvalue weighted by molar-refractivity contribution is 5.66. The fourth-order valence-electron chi connectivity index (χ4n) is 2.99. The van der Waals surface area contributed by atoms with E-state index in [9.17, 15) is 10.1 Å². The van der Waals surface area contributed by atoms with Gasteiger partial charge in [0.2, 0.25) is 0 Å². The minimum atomic E-state index is -0.323. The highest BCUT2D eigenvalue weighted by atomic mass is 16.6. The van der Waals surface area contributed by atoms with Gasteiger partial charge < -0.3 is 11.1 Å². The molecular weight excluding hydrogens is 266 g/mol. The molecule has 0 fully saturated rings. The molecule has 0 aliphatic heterocycles. The highest BCUT2D eigenvalue weighted by Gasteiger charge is 2.25. The number of nitro benzene ring substituents is 1. The van der Waals surface area contributed by atoms with Crippen molar-refractivity contribution in [3.63, 3.8) is 0 Å². The summed E-state index contributed by atoms with van der Waals surface area (Å²) in [5, 5.41) is 14.6. The number of nitro groups is 1. The summed E-state index contributed by atoms with van der Waals surface area (Å²) in [6, 6.07) is 11.3. The van der Waals surface area contributed by atoms with E-state index in [2.05, 4.69) is 5.32 Å². The number of nitrogens with zero attached hydrogens (tertiary/aromatic N) is 1. The normalized spacial score (nSPS) is 16.5. The lowest BCUT2D eigenvalue weighted by atomic mass is 10.1. The summed E-state index contributed by atoms with van der Waals surface area (Å²) in [5.41, 5.74) is 10.4. The molecule has 2 aromatic rings. The van der Waals surface area contributed by atoms with Gasteiger partial charge in [-0.25, -0.2) is 0 Å². The van der Waals surface area contributed by atoms with E-state index in [4.69, 9.17) is 5.73 Å². The summed E-state index contributed by atoms with van der Waals surface area (Å²) >= 11 is 0. The minimum absolute atomic E-state index is 0.0982. The number of rotatable bonds is 3. The molecule has 1 aliphatic carbocycles. The predicted octanol–water partition coefficient (Wildman–Crippen LogP) is 3.58. The van der Waals surface area contributed by atoms with Gasteiger partial charge >= 0.3 is 0 Å². The van der Waals surface area contributed by atoms with Crippen molar-refractivity contribution in [1.29, 1.82) is 0 Å². The molecule has 0 heterocycles. The Morgan fingerprint density at radius 1 is 1.33 bits per heavy atom. The quantitative estimate of drug-likeness (QED) is 0.512. The average molecular weight is 283 g/mol. The fourth-order valence-corrected chi connectivity index (χ4v) is 2.99. The van der Waals surface area contributed by atoms with Crippen LogP contribution in [0.2, 0.25) is 0 Å². The first-order chi connectivity index (χ1) is 10.1. The largest absolute Gasteiger partial charge is 0.399 e. The number of nitrogens with two attached hydrogens (primary N) is 1. The second kappa shape index (κ2) is 5.09. The molecule has 21 heavy (non-hydrogen) atoms. The Morgan fingerprint density at radius 3 is 2.90 bits per heavy atom. The van der Waals surface area contributed by atoms with Crippen molar-refractivity contribution in [1.82, 2.24) is 0 Å². The number of nitrogen functional groups attached to an aromatic ring is 1. The summed E-state index contributed by atoms with van der Waals surface area (Å²) in [5.74, 6) is 0. The van der Waals surface area contributed by atoms with Crippen molar-refractivity contribution in [3.8, 4) is 0 Å². The summed E-state index contributed by atoms with van der Waals surface area (Å²) in [6.45, 7) is 1.76. The summed E-state index contributed by atoms with van der Waals surface area (Å²) in [6.07, 6.45) is 1.86. The van der Waals surface area contributed by atoms with Crippen LogP contribution in [-0.4, -0.2) is 4.92 Å². The molecule has 0 spiro atoms. The first kappa shape index (κ1) is 13.4. The van der Waals surface area contributed by atoms with E-state index in [0.717, 1.165) is 18.5 Å². The van der Waals surface area contributed by atoms with Crippen LogP contribution >= 0.6 is 0 Å². The second-order valence-electron chi connectivity index (χ2n) is 5.42. The molecule has 1 atom stereocenters. The number of hydrogen-bond acceptors (Lipinski definition) is 4. The number of hydrogen-bond donors (Lipinski definition) is 2. The van der Waals surface area contributed by atoms with Crippen molar-refractivity contribution in [2.45, 2.75) is 25.8 Å². The lowest BCUT2D eigenvalue weighted by molar-refractivity contribution is -0.384. The van der Waals surface area contributed by atoms with E-state index in [-0.39, 0.29) is 16.7 Å². The van der Waals surface area contributed by atoms with Gasteiger partial charge in [0, 0.05) is 11.3 Å². The van der Waals surface area contributed by atoms with Crippen LogP contribution in [0.25, 0.3) is 0 Å². The third-order valence-corrected chi connectivity index (χ3v) is 3.99. The molecule has 5 heteroatoms.